The van der Waals surface area contributed by atoms with Gasteiger partial charge in [-0.05, 0) is 24.6 Å². The Kier molecular flexibility index (Phi) is 4.63. The molecule has 3 N–H and O–H groups in total. The lowest BCUT2D eigenvalue weighted by atomic mass is 10.2. The highest BCUT2D eigenvalue weighted by Crippen LogP contribution is 2.22. The predicted octanol–water partition coefficient (Wildman–Crippen LogP) is 3.15. The number of carboxylic acids is 1. The first-order valence-corrected chi connectivity index (χ1v) is 6.51. The molecular weight excluding hydrogens is 286 g/mol. The summed E-state index contributed by atoms with van der Waals surface area (Å²) in [5.41, 5.74) is 1.97. The highest BCUT2D eigenvalue weighted by Gasteiger charge is 2.11. The van der Waals surface area contributed by atoms with Crippen LogP contribution >= 0.6 is 0 Å². The van der Waals surface area contributed by atoms with Gasteiger partial charge in [-0.25, -0.2) is 9.59 Å². The van der Waals surface area contributed by atoms with E-state index in [0.29, 0.717) is 0 Å². The third kappa shape index (κ3) is 3.99. The predicted molar refractivity (Wildman–Crippen MR) is 80.1 cm³/mol. The molecule has 1 amide bonds. The number of hydrogen-bond donors (Lipinski definition) is 3. The summed E-state index contributed by atoms with van der Waals surface area (Å²) in [5.74, 6) is -1.67. The van der Waals surface area contributed by atoms with Gasteiger partial charge in [0.25, 0.3) is 0 Å². The van der Waals surface area contributed by atoms with Crippen LogP contribution in [0.25, 0.3) is 0 Å². The second-order valence-electron chi connectivity index (χ2n) is 4.72. The lowest BCUT2D eigenvalue weighted by Crippen LogP contribution is -2.13. The van der Waals surface area contributed by atoms with Crippen LogP contribution in [0.4, 0.5) is 10.5 Å². The van der Waals surface area contributed by atoms with Gasteiger partial charge in [0.1, 0.15) is 17.9 Å². The summed E-state index contributed by atoms with van der Waals surface area (Å²) in [6.07, 6.45) is -0.692. The molecule has 2 aromatic carbocycles. The van der Waals surface area contributed by atoms with Crippen LogP contribution in [-0.2, 0) is 11.3 Å². The molecule has 0 bridgehead atoms. The summed E-state index contributed by atoms with van der Waals surface area (Å²) in [6, 6.07) is 11.3. The van der Waals surface area contributed by atoms with Gasteiger partial charge in [0.15, 0.2) is 0 Å². The van der Waals surface area contributed by atoms with Crippen LogP contribution in [-0.4, -0.2) is 22.3 Å². The van der Waals surface area contributed by atoms with E-state index in [1.165, 1.54) is 12.1 Å². The monoisotopic (exact) mass is 301 g/mol. The number of carbonyl (C=O) groups excluding carboxylic acids is 1. The SMILES string of the molecule is Cc1ccc(COC(=O)Nc2ccc(C(=O)O)c(O)c2)cc1. The molecule has 0 saturated carbocycles. The van der Waals surface area contributed by atoms with E-state index in [4.69, 9.17) is 9.84 Å². The van der Waals surface area contributed by atoms with Gasteiger partial charge >= 0.3 is 12.1 Å². The van der Waals surface area contributed by atoms with Crippen LogP contribution in [0.3, 0.4) is 0 Å². The zero-order valence-electron chi connectivity index (χ0n) is 11.9. The number of aromatic hydroxyl groups is 1. The highest BCUT2D eigenvalue weighted by atomic mass is 16.5. The maximum atomic E-state index is 11.7. The summed E-state index contributed by atoms with van der Waals surface area (Å²) >= 11 is 0. The second kappa shape index (κ2) is 6.62. The molecule has 0 aliphatic rings. The van der Waals surface area contributed by atoms with Crippen LogP contribution in [0.1, 0.15) is 21.5 Å². The van der Waals surface area contributed by atoms with Crippen LogP contribution in [0.2, 0.25) is 0 Å². The number of rotatable bonds is 4. The Bertz CT molecular complexity index is 694. The van der Waals surface area contributed by atoms with E-state index in [9.17, 15) is 14.7 Å². The molecule has 6 heteroatoms. The fourth-order valence-corrected chi connectivity index (χ4v) is 1.78. The molecule has 0 aromatic heterocycles. The molecule has 0 aliphatic heterocycles. The van der Waals surface area contributed by atoms with Crippen molar-refractivity contribution in [2.75, 3.05) is 5.32 Å². The van der Waals surface area contributed by atoms with Gasteiger partial charge in [-0.1, -0.05) is 29.8 Å². The topological polar surface area (TPSA) is 95.9 Å². The van der Waals surface area contributed by atoms with E-state index >= 15 is 0 Å². The van der Waals surface area contributed by atoms with E-state index in [1.807, 2.05) is 31.2 Å². The molecule has 6 nitrogen and oxygen atoms in total. The Morgan fingerprint density at radius 1 is 1.14 bits per heavy atom. The third-order valence-corrected chi connectivity index (χ3v) is 2.97. The van der Waals surface area contributed by atoms with Crippen molar-refractivity contribution in [2.24, 2.45) is 0 Å². The molecule has 0 heterocycles. The van der Waals surface area contributed by atoms with Crippen molar-refractivity contribution in [1.29, 1.82) is 0 Å². The van der Waals surface area contributed by atoms with Crippen molar-refractivity contribution < 1.29 is 24.5 Å². The van der Waals surface area contributed by atoms with Crippen LogP contribution in [0.15, 0.2) is 42.5 Å². The number of carbonyl (C=O) groups is 2. The van der Waals surface area contributed by atoms with Crippen molar-refractivity contribution in [1.82, 2.24) is 0 Å². The number of ether oxygens (including phenoxy) is 1. The number of nitrogens with one attached hydrogen (secondary N) is 1. The number of aryl methyl sites for hydroxylation is 1. The fourth-order valence-electron chi connectivity index (χ4n) is 1.78. The standard InChI is InChI=1S/C16H15NO5/c1-10-2-4-11(5-3-10)9-22-16(21)17-12-6-7-13(15(19)20)14(18)8-12/h2-8,18H,9H2,1H3,(H,17,21)(H,19,20). The quantitative estimate of drug-likeness (QED) is 0.806. The van der Waals surface area contributed by atoms with E-state index in [0.717, 1.165) is 17.2 Å². The second-order valence-corrected chi connectivity index (χ2v) is 4.72. The smallest absolute Gasteiger partial charge is 0.411 e. The van der Waals surface area contributed by atoms with Gasteiger partial charge in [0.2, 0.25) is 0 Å². The molecule has 22 heavy (non-hydrogen) atoms. The Balaban J connectivity index is 1.93. The van der Waals surface area contributed by atoms with E-state index < -0.39 is 17.8 Å². The van der Waals surface area contributed by atoms with E-state index in [-0.39, 0.29) is 17.9 Å². The van der Waals surface area contributed by atoms with Crippen LogP contribution in [0, 0.1) is 6.92 Å². The molecule has 114 valence electrons. The summed E-state index contributed by atoms with van der Waals surface area (Å²) < 4.78 is 5.04. The van der Waals surface area contributed by atoms with Crippen molar-refractivity contribution in [2.45, 2.75) is 13.5 Å². The minimum absolute atomic E-state index is 0.116. The molecule has 0 unspecified atom stereocenters. The average molecular weight is 301 g/mol. The summed E-state index contributed by atoms with van der Waals surface area (Å²) in [6.45, 7) is 2.08. The maximum absolute atomic E-state index is 11.7. The number of carboxylic acid groups (broad SMARTS) is 1. The minimum Gasteiger partial charge on any atom is -0.507 e. The van der Waals surface area contributed by atoms with Gasteiger partial charge in [-0.2, -0.15) is 0 Å². The Hall–Kier alpha value is -3.02. The number of anilines is 1. The van der Waals surface area contributed by atoms with Crippen molar-refractivity contribution in [3.63, 3.8) is 0 Å². The lowest BCUT2D eigenvalue weighted by Gasteiger charge is -2.08. The van der Waals surface area contributed by atoms with Gasteiger partial charge < -0.3 is 14.9 Å². The molecule has 0 radical (unpaired) electrons. The fraction of sp³-hybridized carbons (Fsp3) is 0.125. The number of amides is 1. The minimum atomic E-state index is -1.24. The third-order valence-electron chi connectivity index (χ3n) is 2.97. The number of aromatic carboxylic acids is 1. The normalized spacial score (nSPS) is 10.0. The molecule has 2 rings (SSSR count). The van der Waals surface area contributed by atoms with Crippen molar-refractivity contribution in [3.05, 3.63) is 59.2 Å². The van der Waals surface area contributed by atoms with E-state index in [2.05, 4.69) is 5.32 Å². The molecule has 0 aliphatic carbocycles. The largest absolute Gasteiger partial charge is 0.507 e. The molecule has 0 spiro atoms. The average Bonchev–Trinajstić information content (AvgIpc) is 2.46. The number of benzene rings is 2. The van der Waals surface area contributed by atoms with Gasteiger partial charge in [-0.3, -0.25) is 5.32 Å². The Morgan fingerprint density at radius 3 is 2.41 bits per heavy atom. The molecule has 0 saturated heterocycles. The Morgan fingerprint density at radius 2 is 1.82 bits per heavy atom. The molecule has 0 fully saturated rings. The summed E-state index contributed by atoms with van der Waals surface area (Å²) in [7, 11) is 0. The highest BCUT2D eigenvalue weighted by molar-refractivity contribution is 5.92. The molecular formula is C16H15NO5. The summed E-state index contributed by atoms with van der Waals surface area (Å²) in [4.78, 5) is 22.4. The van der Waals surface area contributed by atoms with Crippen LogP contribution in [0.5, 0.6) is 5.75 Å². The summed E-state index contributed by atoms with van der Waals surface area (Å²) in [5, 5.41) is 20.7. The van der Waals surface area contributed by atoms with Gasteiger partial charge in [-0.15, -0.1) is 0 Å². The van der Waals surface area contributed by atoms with Gasteiger partial charge in [0.05, 0.1) is 0 Å². The van der Waals surface area contributed by atoms with Crippen molar-refractivity contribution in [3.8, 4) is 5.75 Å². The Labute approximate surface area is 127 Å². The van der Waals surface area contributed by atoms with Gasteiger partial charge in [0, 0.05) is 11.8 Å². The zero-order chi connectivity index (χ0) is 16.1. The van der Waals surface area contributed by atoms with Crippen LogP contribution < -0.4 is 5.32 Å². The number of hydrogen-bond acceptors (Lipinski definition) is 4. The number of phenols is 1. The first-order valence-electron chi connectivity index (χ1n) is 6.51. The first kappa shape index (κ1) is 15.4. The first-order chi connectivity index (χ1) is 10.5. The molecule has 0 atom stereocenters. The van der Waals surface area contributed by atoms with Crippen molar-refractivity contribution >= 4 is 17.7 Å². The zero-order valence-corrected chi connectivity index (χ0v) is 11.9. The lowest BCUT2D eigenvalue weighted by molar-refractivity contribution is 0.0693. The maximum Gasteiger partial charge on any atom is 0.411 e. The van der Waals surface area contributed by atoms with E-state index in [1.54, 1.807) is 0 Å². The molecule has 2 aromatic rings.